The molecule has 4 bridgehead atoms. The van der Waals surface area contributed by atoms with Gasteiger partial charge in [0, 0.05) is 12.6 Å². The summed E-state index contributed by atoms with van der Waals surface area (Å²) < 4.78 is 23.8. The lowest BCUT2D eigenvalue weighted by Gasteiger charge is -2.56. The van der Waals surface area contributed by atoms with E-state index in [0.29, 0.717) is 12.3 Å². The Labute approximate surface area is 158 Å². The first-order chi connectivity index (χ1) is 13.0. The quantitative estimate of drug-likeness (QED) is 0.775. The van der Waals surface area contributed by atoms with Crippen LogP contribution in [0.5, 0.6) is 5.75 Å². The topological polar surface area (TPSA) is 64.6 Å². The van der Waals surface area contributed by atoms with Crippen LogP contribution in [-0.4, -0.2) is 32.1 Å². The van der Waals surface area contributed by atoms with E-state index in [9.17, 15) is 14.0 Å². The lowest BCUT2D eigenvalue weighted by atomic mass is 9.49. The number of rotatable bonds is 6. The van der Waals surface area contributed by atoms with Crippen molar-refractivity contribution in [2.75, 3.05) is 20.3 Å². The molecule has 0 atom stereocenters. The van der Waals surface area contributed by atoms with Gasteiger partial charge in [-0.15, -0.1) is 0 Å². The molecule has 1 aromatic rings. The number of benzene rings is 1. The van der Waals surface area contributed by atoms with Crippen LogP contribution in [0.3, 0.4) is 0 Å². The number of amides is 1. The number of halogens is 1. The molecule has 146 valence electrons. The molecule has 0 unspecified atom stereocenters. The van der Waals surface area contributed by atoms with Crippen LogP contribution >= 0.6 is 0 Å². The van der Waals surface area contributed by atoms with Crippen LogP contribution in [0.15, 0.2) is 18.2 Å². The molecule has 0 heterocycles. The fraction of sp³-hybridized carbons (Fsp3) is 0.619. The Morgan fingerprint density at radius 2 is 1.78 bits per heavy atom. The van der Waals surface area contributed by atoms with E-state index in [2.05, 4.69) is 5.32 Å². The minimum atomic E-state index is -0.847. The van der Waals surface area contributed by atoms with Crippen LogP contribution in [0.2, 0.25) is 0 Å². The number of esters is 1. The third kappa shape index (κ3) is 3.80. The van der Waals surface area contributed by atoms with Crippen LogP contribution in [-0.2, 0) is 9.53 Å². The van der Waals surface area contributed by atoms with Gasteiger partial charge in [-0.2, -0.15) is 0 Å². The van der Waals surface area contributed by atoms with Crippen LogP contribution in [0.4, 0.5) is 4.39 Å². The largest absolute Gasteiger partial charge is 0.497 e. The van der Waals surface area contributed by atoms with Gasteiger partial charge in [-0.1, -0.05) is 0 Å². The van der Waals surface area contributed by atoms with Crippen molar-refractivity contribution >= 4 is 11.9 Å². The summed E-state index contributed by atoms with van der Waals surface area (Å²) in [6.45, 7) is 0.264. The fourth-order valence-corrected chi connectivity index (χ4v) is 5.84. The second-order valence-electron chi connectivity index (χ2n) is 8.62. The second kappa shape index (κ2) is 7.13. The first kappa shape index (κ1) is 18.3. The first-order valence-electron chi connectivity index (χ1n) is 9.74. The molecule has 4 saturated carbocycles. The van der Waals surface area contributed by atoms with Gasteiger partial charge in [-0.25, -0.2) is 9.18 Å². The molecule has 0 saturated heterocycles. The number of methoxy groups -OCH3 is 1. The zero-order chi connectivity index (χ0) is 19.0. The predicted molar refractivity (Wildman–Crippen MR) is 96.8 cm³/mol. The number of hydrogen-bond donors (Lipinski definition) is 1. The normalized spacial score (nSPS) is 30.8. The van der Waals surface area contributed by atoms with Crippen molar-refractivity contribution in [3.8, 4) is 5.75 Å². The van der Waals surface area contributed by atoms with E-state index in [-0.39, 0.29) is 16.9 Å². The van der Waals surface area contributed by atoms with Gasteiger partial charge in [0.1, 0.15) is 11.6 Å². The SMILES string of the molecule is COc1ccc(C(=O)OCC(=O)NCC23CC4CC(CC(C4)C2)C3)c(F)c1. The van der Waals surface area contributed by atoms with Gasteiger partial charge in [-0.3, -0.25) is 4.79 Å². The van der Waals surface area contributed by atoms with Crippen molar-refractivity contribution in [2.24, 2.45) is 23.2 Å². The van der Waals surface area contributed by atoms with Gasteiger partial charge >= 0.3 is 5.97 Å². The highest BCUT2D eigenvalue weighted by molar-refractivity contribution is 5.91. The highest BCUT2D eigenvalue weighted by atomic mass is 19.1. The molecule has 0 spiro atoms. The van der Waals surface area contributed by atoms with Crippen molar-refractivity contribution in [1.29, 1.82) is 0 Å². The number of nitrogens with one attached hydrogen (secondary N) is 1. The van der Waals surface area contributed by atoms with E-state index >= 15 is 0 Å². The maximum absolute atomic E-state index is 13.9. The summed E-state index contributed by atoms with van der Waals surface area (Å²) in [4.78, 5) is 24.2. The van der Waals surface area contributed by atoms with E-state index in [1.54, 1.807) is 0 Å². The van der Waals surface area contributed by atoms with Gasteiger partial charge in [0.05, 0.1) is 12.7 Å². The van der Waals surface area contributed by atoms with E-state index in [4.69, 9.17) is 9.47 Å². The molecule has 1 amide bonds. The highest BCUT2D eigenvalue weighted by Gasteiger charge is 2.50. The highest BCUT2D eigenvalue weighted by Crippen LogP contribution is 2.59. The Hall–Kier alpha value is -2.11. The Balaban J connectivity index is 1.27. The zero-order valence-electron chi connectivity index (χ0n) is 15.6. The van der Waals surface area contributed by atoms with Gasteiger partial charge in [0.25, 0.3) is 5.91 Å². The molecule has 0 radical (unpaired) electrons. The van der Waals surface area contributed by atoms with Crippen LogP contribution in [0, 0.1) is 29.0 Å². The monoisotopic (exact) mass is 375 g/mol. The van der Waals surface area contributed by atoms with Crippen LogP contribution in [0.25, 0.3) is 0 Å². The first-order valence-corrected chi connectivity index (χ1v) is 9.74. The van der Waals surface area contributed by atoms with Crippen molar-refractivity contribution < 1.29 is 23.5 Å². The maximum Gasteiger partial charge on any atom is 0.341 e. The Morgan fingerprint density at radius 3 is 2.33 bits per heavy atom. The van der Waals surface area contributed by atoms with Crippen molar-refractivity contribution in [3.63, 3.8) is 0 Å². The average Bonchev–Trinajstić information content (AvgIpc) is 2.63. The molecule has 0 aromatic heterocycles. The summed E-state index contributed by atoms with van der Waals surface area (Å²) in [6, 6.07) is 3.89. The summed E-state index contributed by atoms with van der Waals surface area (Å²) in [5.74, 6) is 0.885. The van der Waals surface area contributed by atoms with E-state index < -0.39 is 18.4 Å². The standard InChI is InChI=1S/C21H26FNO4/c1-26-16-2-3-17(18(22)7-16)20(25)27-11-19(24)23-12-21-8-13-4-14(9-21)6-15(5-13)10-21/h2-3,7,13-15H,4-6,8-12H2,1H3,(H,23,24). The average molecular weight is 375 g/mol. The Morgan fingerprint density at radius 1 is 1.15 bits per heavy atom. The molecule has 6 heteroatoms. The molecule has 27 heavy (non-hydrogen) atoms. The summed E-state index contributed by atoms with van der Waals surface area (Å²) >= 11 is 0. The lowest BCUT2D eigenvalue weighted by molar-refractivity contribution is -0.126. The van der Waals surface area contributed by atoms with Gasteiger partial charge in [0.2, 0.25) is 0 Å². The van der Waals surface area contributed by atoms with E-state index in [0.717, 1.165) is 23.8 Å². The molecule has 1 aromatic carbocycles. The zero-order valence-corrected chi connectivity index (χ0v) is 15.6. The molecule has 5 nitrogen and oxygen atoms in total. The molecule has 4 aliphatic rings. The molecule has 0 aliphatic heterocycles. The molecule has 4 fully saturated rings. The molecule has 4 aliphatic carbocycles. The van der Waals surface area contributed by atoms with Crippen LogP contribution < -0.4 is 10.1 Å². The third-order valence-electron chi connectivity index (χ3n) is 6.56. The van der Waals surface area contributed by atoms with Crippen LogP contribution in [0.1, 0.15) is 48.9 Å². The van der Waals surface area contributed by atoms with Gasteiger partial charge in [-0.05, 0) is 73.8 Å². The Bertz CT molecular complexity index is 712. The summed E-state index contributed by atoms with van der Waals surface area (Å²) in [7, 11) is 1.42. The fourth-order valence-electron chi connectivity index (χ4n) is 5.84. The Kier molecular flexibility index (Phi) is 4.82. The molecular weight excluding hydrogens is 349 g/mol. The van der Waals surface area contributed by atoms with Gasteiger partial charge in [0.15, 0.2) is 6.61 Å². The van der Waals surface area contributed by atoms with Crippen molar-refractivity contribution in [2.45, 2.75) is 38.5 Å². The number of hydrogen-bond acceptors (Lipinski definition) is 4. The van der Waals surface area contributed by atoms with Crippen molar-refractivity contribution in [3.05, 3.63) is 29.6 Å². The lowest BCUT2D eigenvalue weighted by Crippen LogP contribution is -2.51. The van der Waals surface area contributed by atoms with Crippen molar-refractivity contribution in [1.82, 2.24) is 5.32 Å². The molecule has 5 rings (SSSR count). The number of ether oxygens (including phenoxy) is 2. The molecule has 1 N–H and O–H groups in total. The third-order valence-corrected chi connectivity index (χ3v) is 6.56. The summed E-state index contributed by atoms with van der Waals surface area (Å²) in [6.07, 6.45) is 7.69. The van der Waals surface area contributed by atoms with Gasteiger partial charge < -0.3 is 14.8 Å². The summed E-state index contributed by atoms with van der Waals surface area (Å²) in [5, 5.41) is 2.95. The minimum Gasteiger partial charge on any atom is -0.497 e. The maximum atomic E-state index is 13.9. The number of carbonyl (C=O) groups is 2. The van der Waals surface area contributed by atoms with E-state index in [1.165, 1.54) is 57.8 Å². The minimum absolute atomic E-state index is 0.204. The second-order valence-corrected chi connectivity index (χ2v) is 8.62. The van der Waals surface area contributed by atoms with E-state index in [1.807, 2.05) is 0 Å². The summed E-state index contributed by atoms with van der Waals surface area (Å²) in [5.41, 5.74) is 0.0287. The smallest absolute Gasteiger partial charge is 0.341 e. The predicted octanol–water partition coefficient (Wildman–Crippen LogP) is 3.32. The number of carbonyl (C=O) groups excluding carboxylic acids is 2. The molecular formula is C21H26FNO4.